The fourth-order valence-corrected chi connectivity index (χ4v) is 2.54. The Morgan fingerprint density at radius 1 is 1.44 bits per heavy atom. The summed E-state index contributed by atoms with van der Waals surface area (Å²) in [6.07, 6.45) is 9.21. The Bertz CT molecular complexity index is 425. The van der Waals surface area contributed by atoms with Crippen LogP contribution in [0.3, 0.4) is 0 Å². The van der Waals surface area contributed by atoms with Crippen LogP contribution in [-0.4, -0.2) is 16.4 Å². The summed E-state index contributed by atoms with van der Waals surface area (Å²) in [5, 5.41) is 2.90. The van der Waals surface area contributed by atoms with Gasteiger partial charge in [0.05, 0.1) is 11.9 Å². The van der Waals surface area contributed by atoms with Crippen LogP contribution in [0.1, 0.15) is 44.1 Å². The number of hydrogen-bond donors (Lipinski definition) is 2. The van der Waals surface area contributed by atoms with E-state index in [1.54, 1.807) is 12.4 Å². The second-order valence-electron chi connectivity index (χ2n) is 5.34. The van der Waals surface area contributed by atoms with Crippen molar-refractivity contribution in [2.24, 2.45) is 5.73 Å². The summed E-state index contributed by atoms with van der Waals surface area (Å²) in [5.74, 6) is -0.00417. The zero-order valence-electron chi connectivity index (χ0n) is 10.9. The fourth-order valence-electron chi connectivity index (χ4n) is 2.54. The molecule has 1 aromatic rings. The molecule has 1 aliphatic carbocycles. The summed E-state index contributed by atoms with van der Waals surface area (Å²) < 4.78 is 0. The number of hydrogen-bond acceptors (Lipinski definition) is 3. The van der Waals surface area contributed by atoms with Crippen molar-refractivity contribution >= 4 is 11.6 Å². The maximum Gasteiger partial charge on any atom is 0.226 e. The van der Waals surface area contributed by atoms with Crippen LogP contribution in [0, 0.1) is 6.92 Å². The smallest absolute Gasteiger partial charge is 0.226 e. The Hall–Kier alpha value is -1.42. The number of nitrogens with one attached hydrogen (secondary N) is 1. The predicted molar refractivity (Wildman–Crippen MR) is 72.2 cm³/mol. The number of aryl methyl sites for hydroxylation is 1. The molecular formula is C14H21N3O. The number of carbonyl (C=O) groups is 1. The summed E-state index contributed by atoms with van der Waals surface area (Å²) >= 11 is 0. The van der Waals surface area contributed by atoms with E-state index in [0.29, 0.717) is 6.42 Å². The molecule has 1 fully saturated rings. The molecule has 1 heterocycles. The molecule has 4 heteroatoms. The molecule has 1 aliphatic rings. The summed E-state index contributed by atoms with van der Waals surface area (Å²) in [5.41, 5.74) is 7.77. The van der Waals surface area contributed by atoms with Crippen molar-refractivity contribution in [3.05, 3.63) is 24.0 Å². The van der Waals surface area contributed by atoms with E-state index in [2.05, 4.69) is 10.3 Å². The molecule has 0 atom stereocenters. The number of rotatable bonds is 3. The van der Waals surface area contributed by atoms with Crippen LogP contribution in [0.25, 0.3) is 0 Å². The number of pyridine rings is 1. The maximum absolute atomic E-state index is 12.0. The van der Waals surface area contributed by atoms with Crippen molar-refractivity contribution in [1.29, 1.82) is 0 Å². The van der Waals surface area contributed by atoms with Crippen molar-refractivity contribution in [1.82, 2.24) is 4.98 Å². The largest absolute Gasteiger partial charge is 0.325 e. The molecule has 3 N–H and O–H groups in total. The third-order valence-electron chi connectivity index (χ3n) is 3.68. The molecule has 0 unspecified atom stereocenters. The van der Waals surface area contributed by atoms with Gasteiger partial charge in [-0.15, -0.1) is 0 Å². The Labute approximate surface area is 108 Å². The molecule has 0 aromatic carbocycles. The number of amides is 1. The monoisotopic (exact) mass is 247 g/mol. The molecule has 1 saturated carbocycles. The SMILES string of the molecule is Cc1ccncc1NC(=O)CC1(N)CCCCC1. The highest BCUT2D eigenvalue weighted by atomic mass is 16.1. The van der Waals surface area contributed by atoms with Gasteiger partial charge in [0.15, 0.2) is 0 Å². The van der Waals surface area contributed by atoms with Crippen LogP contribution in [0.5, 0.6) is 0 Å². The Balaban J connectivity index is 1.94. The lowest BCUT2D eigenvalue weighted by atomic mass is 9.80. The molecule has 0 spiro atoms. The molecule has 1 aromatic heterocycles. The minimum Gasteiger partial charge on any atom is -0.325 e. The number of carbonyl (C=O) groups excluding carboxylic acids is 1. The molecule has 4 nitrogen and oxygen atoms in total. The number of nitrogens with zero attached hydrogens (tertiary/aromatic N) is 1. The quantitative estimate of drug-likeness (QED) is 0.861. The van der Waals surface area contributed by atoms with Gasteiger partial charge in [-0.1, -0.05) is 19.3 Å². The van der Waals surface area contributed by atoms with Gasteiger partial charge in [-0.3, -0.25) is 9.78 Å². The van der Waals surface area contributed by atoms with Crippen LogP contribution in [0.2, 0.25) is 0 Å². The first-order valence-electron chi connectivity index (χ1n) is 6.58. The second-order valence-corrected chi connectivity index (χ2v) is 5.34. The molecule has 0 bridgehead atoms. The zero-order valence-corrected chi connectivity index (χ0v) is 10.9. The Morgan fingerprint density at radius 3 is 2.83 bits per heavy atom. The zero-order chi connectivity index (χ0) is 13.0. The van der Waals surface area contributed by atoms with E-state index in [4.69, 9.17) is 5.73 Å². The van der Waals surface area contributed by atoms with Crippen molar-refractivity contribution in [3.8, 4) is 0 Å². The lowest BCUT2D eigenvalue weighted by molar-refractivity contribution is -0.117. The fraction of sp³-hybridized carbons (Fsp3) is 0.571. The highest BCUT2D eigenvalue weighted by Gasteiger charge is 2.30. The van der Waals surface area contributed by atoms with Crippen LogP contribution >= 0.6 is 0 Å². The first-order chi connectivity index (χ1) is 8.59. The van der Waals surface area contributed by atoms with E-state index < -0.39 is 0 Å². The summed E-state index contributed by atoms with van der Waals surface area (Å²) in [4.78, 5) is 16.0. The van der Waals surface area contributed by atoms with Gasteiger partial charge in [-0.25, -0.2) is 0 Å². The number of anilines is 1. The second kappa shape index (κ2) is 5.48. The molecule has 0 saturated heterocycles. The van der Waals surface area contributed by atoms with Gasteiger partial charge in [-0.2, -0.15) is 0 Å². The lowest BCUT2D eigenvalue weighted by Gasteiger charge is -2.32. The van der Waals surface area contributed by atoms with Gasteiger partial charge in [0.25, 0.3) is 0 Å². The number of nitrogens with two attached hydrogens (primary N) is 1. The molecule has 98 valence electrons. The van der Waals surface area contributed by atoms with E-state index >= 15 is 0 Å². The van der Waals surface area contributed by atoms with Crippen molar-refractivity contribution < 1.29 is 4.79 Å². The highest BCUT2D eigenvalue weighted by molar-refractivity contribution is 5.92. The van der Waals surface area contributed by atoms with E-state index in [9.17, 15) is 4.79 Å². The van der Waals surface area contributed by atoms with E-state index in [0.717, 1.165) is 36.9 Å². The molecule has 1 amide bonds. The minimum absolute atomic E-state index is 0.00417. The highest BCUT2D eigenvalue weighted by Crippen LogP contribution is 2.29. The molecule has 2 rings (SSSR count). The lowest BCUT2D eigenvalue weighted by Crippen LogP contribution is -2.44. The van der Waals surface area contributed by atoms with Gasteiger partial charge in [-0.05, 0) is 31.4 Å². The average molecular weight is 247 g/mol. The first-order valence-corrected chi connectivity index (χ1v) is 6.58. The van der Waals surface area contributed by atoms with Gasteiger partial charge in [0.1, 0.15) is 0 Å². The summed E-state index contributed by atoms with van der Waals surface area (Å²) in [6, 6.07) is 1.88. The molecule has 0 radical (unpaired) electrons. The van der Waals surface area contributed by atoms with Gasteiger partial charge >= 0.3 is 0 Å². The molecule has 18 heavy (non-hydrogen) atoms. The van der Waals surface area contributed by atoms with Crippen molar-refractivity contribution in [2.45, 2.75) is 51.0 Å². The standard InChI is InChI=1S/C14H21N3O/c1-11-5-8-16-10-12(11)17-13(18)9-14(15)6-3-2-4-7-14/h5,8,10H,2-4,6-7,9,15H2,1H3,(H,17,18). The molecule has 0 aliphatic heterocycles. The van der Waals surface area contributed by atoms with Crippen molar-refractivity contribution in [2.75, 3.05) is 5.32 Å². The minimum atomic E-state index is -0.307. The molecular weight excluding hydrogens is 226 g/mol. The Morgan fingerprint density at radius 2 is 2.17 bits per heavy atom. The number of aromatic nitrogens is 1. The normalized spacial score (nSPS) is 18.3. The maximum atomic E-state index is 12.0. The third kappa shape index (κ3) is 3.29. The van der Waals surface area contributed by atoms with E-state index in [-0.39, 0.29) is 11.4 Å². The van der Waals surface area contributed by atoms with E-state index in [1.165, 1.54) is 6.42 Å². The van der Waals surface area contributed by atoms with E-state index in [1.807, 2.05) is 13.0 Å². The summed E-state index contributed by atoms with van der Waals surface area (Å²) in [7, 11) is 0. The van der Waals surface area contributed by atoms with Crippen molar-refractivity contribution in [3.63, 3.8) is 0 Å². The van der Waals surface area contributed by atoms with Gasteiger partial charge < -0.3 is 11.1 Å². The van der Waals surface area contributed by atoms with Crippen LogP contribution in [0.15, 0.2) is 18.5 Å². The summed E-state index contributed by atoms with van der Waals surface area (Å²) in [6.45, 7) is 1.95. The predicted octanol–water partition coefficient (Wildman–Crippen LogP) is 2.38. The van der Waals surface area contributed by atoms with Gasteiger partial charge in [0.2, 0.25) is 5.91 Å². The third-order valence-corrected chi connectivity index (χ3v) is 3.68. The van der Waals surface area contributed by atoms with Crippen LogP contribution in [-0.2, 0) is 4.79 Å². The van der Waals surface area contributed by atoms with Crippen LogP contribution < -0.4 is 11.1 Å². The topological polar surface area (TPSA) is 68.0 Å². The van der Waals surface area contributed by atoms with Gasteiger partial charge in [0, 0.05) is 18.2 Å². The Kier molecular flexibility index (Phi) is 3.97. The average Bonchev–Trinajstić information content (AvgIpc) is 2.32. The van der Waals surface area contributed by atoms with Crippen LogP contribution in [0.4, 0.5) is 5.69 Å². The first kappa shape index (κ1) is 13.0.